The third kappa shape index (κ3) is 6.93. The molecule has 2 heterocycles. The molecule has 0 bridgehead atoms. The van der Waals surface area contributed by atoms with Crippen LogP contribution < -0.4 is 16.0 Å². The van der Waals surface area contributed by atoms with Crippen LogP contribution in [0, 0.1) is 5.92 Å². The summed E-state index contributed by atoms with van der Waals surface area (Å²) in [5.41, 5.74) is 0.622. The first-order valence-electron chi connectivity index (χ1n) is 12.9. The predicted molar refractivity (Wildman–Crippen MR) is 142 cm³/mol. The SMILES string of the molecule is C=C(C1CCCCC1)[C@@H](Nc1cc(-n2cccc2)nc(NCC)n1)C(=O)NCc1ccc(C(F)(F)F)cc1. The van der Waals surface area contributed by atoms with Crippen molar-refractivity contribution < 1.29 is 18.0 Å². The van der Waals surface area contributed by atoms with Gasteiger partial charge in [-0.2, -0.15) is 23.1 Å². The predicted octanol–water partition coefficient (Wildman–Crippen LogP) is 5.95. The molecule has 1 aromatic carbocycles. The number of nitrogens with zero attached hydrogens (tertiary/aromatic N) is 3. The van der Waals surface area contributed by atoms with Gasteiger partial charge in [0.2, 0.25) is 11.9 Å². The lowest BCUT2D eigenvalue weighted by Gasteiger charge is -2.29. The Labute approximate surface area is 220 Å². The molecule has 0 aliphatic heterocycles. The van der Waals surface area contributed by atoms with Crippen LogP contribution in [0.5, 0.6) is 0 Å². The average molecular weight is 527 g/mol. The minimum atomic E-state index is -4.41. The number of nitrogens with one attached hydrogen (secondary N) is 3. The number of hydrogen-bond acceptors (Lipinski definition) is 5. The highest BCUT2D eigenvalue weighted by Crippen LogP contribution is 2.32. The number of amides is 1. The molecule has 4 rings (SSSR count). The van der Waals surface area contributed by atoms with Crippen LogP contribution >= 0.6 is 0 Å². The minimum absolute atomic E-state index is 0.0914. The molecule has 0 saturated heterocycles. The molecular formula is C28H33F3N6O. The van der Waals surface area contributed by atoms with Crippen molar-refractivity contribution in [2.24, 2.45) is 5.92 Å². The smallest absolute Gasteiger partial charge is 0.355 e. The lowest BCUT2D eigenvalue weighted by molar-refractivity contribution is -0.137. The fraction of sp³-hybridized carbons (Fsp3) is 0.393. The van der Waals surface area contributed by atoms with E-state index in [1.165, 1.54) is 18.6 Å². The number of benzene rings is 1. The summed E-state index contributed by atoms with van der Waals surface area (Å²) in [6, 6.07) is 9.57. The van der Waals surface area contributed by atoms with Gasteiger partial charge < -0.3 is 20.5 Å². The van der Waals surface area contributed by atoms with E-state index in [1.807, 2.05) is 36.0 Å². The number of hydrogen-bond donors (Lipinski definition) is 3. The maximum atomic E-state index is 13.5. The van der Waals surface area contributed by atoms with Crippen LogP contribution in [0.4, 0.5) is 24.9 Å². The van der Waals surface area contributed by atoms with Crippen LogP contribution in [0.25, 0.3) is 5.82 Å². The number of aromatic nitrogens is 3. The van der Waals surface area contributed by atoms with Crippen molar-refractivity contribution in [3.63, 3.8) is 0 Å². The van der Waals surface area contributed by atoms with E-state index in [2.05, 4.69) is 32.5 Å². The number of halogens is 3. The number of carbonyl (C=O) groups is 1. The Kier molecular flexibility index (Phi) is 8.70. The van der Waals surface area contributed by atoms with E-state index < -0.39 is 17.8 Å². The number of alkyl halides is 3. The molecular weight excluding hydrogens is 493 g/mol. The fourth-order valence-electron chi connectivity index (χ4n) is 4.65. The average Bonchev–Trinajstić information content (AvgIpc) is 3.46. The lowest BCUT2D eigenvalue weighted by atomic mass is 9.81. The van der Waals surface area contributed by atoms with Gasteiger partial charge >= 0.3 is 6.18 Å². The van der Waals surface area contributed by atoms with Gasteiger partial charge in [-0.05, 0) is 61.1 Å². The molecule has 0 spiro atoms. The van der Waals surface area contributed by atoms with Crippen molar-refractivity contribution in [3.05, 3.63) is 78.1 Å². The molecule has 38 heavy (non-hydrogen) atoms. The maximum Gasteiger partial charge on any atom is 0.416 e. The van der Waals surface area contributed by atoms with Crippen molar-refractivity contribution in [2.75, 3.05) is 17.2 Å². The van der Waals surface area contributed by atoms with E-state index in [9.17, 15) is 18.0 Å². The first kappa shape index (κ1) is 27.2. The Hall–Kier alpha value is -3.82. The van der Waals surface area contributed by atoms with Gasteiger partial charge in [0.15, 0.2) is 0 Å². The molecule has 2 aromatic heterocycles. The second kappa shape index (κ2) is 12.1. The molecule has 1 aliphatic carbocycles. The van der Waals surface area contributed by atoms with Gasteiger partial charge in [-0.1, -0.05) is 38.0 Å². The van der Waals surface area contributed by atoms with Gasteiger partial charge in [-0.3, -0.25) is 4.79 Å². The molecule has 1 aliphatic rings. The molecule has 10 heteroatoms. The third-order valence-corrected chi connectivity index (χ3v) is 6.72. The molecule has 1 fully saturated rings. The molecule has 1 amide bonds. The van der Waals surface area contributed by atoms with Crippen molar-refractivity contribution in [3.8, 4) is 5.82 Å². The second-order valence-corrected chi connectivity index (χ2v) is 9.46. The normalized spacial score (nSPS) is 15.1. The van der Waals surface area contributed by atoms with Gasteiger partial charge in [0.1, 0.15) is 17.7 Å². The van der Waals surface area contributed by atoms with Crippen molar-refractivity contribution in [1.82, 2.24) is 19.9 Å². The lowest BCUT2D eigenvalue weighted by Crippen LogP contribution is -2.42. The number of anilines is 2. The summed E-state index contributed by atoms with van der Waals surface area (Å²) in [6.45, 7) is 6.97. The molecule has 7 nitrogen and oxygen atoms in total. The molecule has 3 N–H and O–H groups in total. The molecule has 1 atom stereocenters. The quantitative estimate of drug-likeness (QED) is 0.284. The fourth-order valence-corrected chi connectivity index (χ4v) is 4.65. The summed E-state index contributed by atoms with van der Waals surface area (Å²) in [6.07, 6.45) is 4.60. The molecule has 1 saturated carbocycles. The van der Waals surface area contributed by atoms with E-state index in [-0.39, 0.29) is 18.4 Å². The van der Waals surface area contributed by atoms with Gasteiger partial charge in [0, 0.05) is 31.5 Å². The van der Waals surface area contributed by atoms with Crippen molar-refractivity contribution in [2.45, 2.75) is 57.8 Å². The van der Waals surface area contributed by atoms with Crippen molar-refractivity contribution >= 4 is 17.7 Å². The summed E-state index contributed by atoms with van der Waals surface area (Å²) in [5.74, 6) is 1.40. The first-order valence-corrected chi connectivity index (χ1v) is 12.9. The van der Waals surface area contributed by atoms with Gasteiger partial charge in [0.05, 0.1) is 5.56 Å². The van der Waals surface area contributed by atoms with Crippen LogP contribution in [-0.4, -0.2) is 33.0 Å². The number of rotatable bonds is 10. The van der Waals surface area contributed by atoms with Crippen LogP contribution in [0.2, 0.25) is 0 Å². The highest BCUT2D eigenvalue weighted by molar-refractivity contribution is 5.87. The van der Waals surface area contributed by atoms with Crippen LogP contribution in [0.3, 0.4) is 0 Å². The topological polar surface area (TPSA) is 83.9 Å². The molecule has 0 radical (unpaired) electrons. The van der Waals surface area contributed by atoms with Crippen LogP contribution in [0.1, 0.15) is 50.2 Å². The van der Waals surface area contributed by atoms with E-state index in [4.69, 9.17) is 0 Å². The van der Waals surface area contributed by atoms with Gasteiger partial charge in [-0.25, -0.2) is 0 Å². The van der Waals surface area contributed by atoms with E-state index >= 15 is 0 Å². The van der Waals surface area contributed by atoms with Crippen LogP contribution in [0.15, 0.2) is 67.0 Å². The van der Waals surface area contributed by atoms with E-state index in [0.29, 0.717) is 29.7 Å². The molecule has 3 aromatic rings. The zero-order valence-electron chi connectivity index (χ0n) is 21.4. The zero-order valence-corrected chi connectivity index (χ0v) is 21.4. The highest BCUT2D eigenvalue weighted by atomic mass is 19.4. The Morgan fingerprint density at radius 1 is 1.11 bits per heavy atom. The van der Waals surface area contributed by atoms with Gasteiger partial charge in [0.25, 0.3) is 0 Å². The van der Waals surface area contributed by atoms with Crippen LogP contribution in [-0.2, 0) is 17.5 Å². The van der Waals surface area contributed by atoms with E-state index in [0.717, 1.165) is 43.4 Å². The monoisotopic (exact) mass is 526 g/mol. The number of carbonyl (C=O) groups excluding carboxylic acids is 1. The Morgan fingerprint density at radius 2 is 1.79 bits per heavy atom. The summed E-state index contributed by atoms with van der Waals surface area (Å²) in [5, 5.41) is 9.28. The summed E-state index contributed by atoms with van der Waals surface area (Å²) in [7, 11) is 0. The standard InChI is InChI=1S/C28H33F3N6O/c1-3-32-27-35-23(17-24(36-27)37-15-7-8-16-37)34-25(19(2)21-9-5-4-6-10-21)26(38)33-18-20-11-13-22(14-12-20)28(29,30)31/h7-8,11-17,21,25H,2-6,9-10,18H2,1H3,(H,33,38)(H2,32,34,35,36)/t25-/m1/s1. The summed E-state index contributed by atoms with van der Waals surface area (Å²) < 4.78 is 40.6. The Bertz CT molecular complexity index is 1220. The highest BCUT2D eigenvalue weighted by Gasteiger charge is 2.31. The Morgan fingerprint density at radius 3 is 2.42 bits per heavy atom. The zero-order chi connectivity index (χ0) is 27.1. The van der Waals surface area contributed by atoms with Gasteiger partial charge in [-0.15, -0.1) is 0 Å². The Balaban J connectivity index is 1.56. The maximum absolute atomic E-state index is 13.5. The largest absolute Gasteiger partial charge is 0.416 e. The first-order chi connectivity index (χ1) is 18.2. The third-order valence-electron chi connectivity index (χ3n) is 6.72. The molecule has 202 valence electrons. The van der Waals surface area contributed by atoms with Crippen molar-refractivity contribution in [1.29, 1.82) is 0 Å². The summed E-state index contributed by atoms with van der Waals surface area (Å²) >= 11 is 0. The second-order valence-electron chi connectivity index (χ2n) is 9.46. The van der Waals surface area contributed by atoms with E-state index in [1.54, 1.807) is 6.07 Å². The molecule has 0 unspecified atom stereocenters. The summed E-state index contributed by atoms with van der Waals surface area (Å²) in [4.78, 5) is 22.6. The minimum Gasteiger partial charge on any atom is -0.355 e.